The zero-order valence-electron chi connectivity index (χ0n) is 17.6. The second-order valence-electron chi connectivity index (χ2n) is 7.08. The highest BCUT2D eigenvalue weighted by atomic mass is 35.5. The Morgan fingerprint density at radius 2 is 1.91 bits per heavy atom. The van der Waals surface area contributed by atoms with Gasteiger partial charge in [0, 0.05) is 31.4 Å². The standard InChI is InChI=1S/C22H21ClN4O5/c1-30-18-8-16-17(9-19(18)31-2)24-13-26(22(16)29)7-3-4-21(28)32-12-15-11-27-10-14(23)5-6-20(27)25-15/h5-6,8-11,13H,3-4,7,12H2,1-2H3. The van der Waals surface area contributed by atoms with Gasteiger partial charge in [0.1, 0.15) is 12.3 Å². The average molecular weight is 457 g/mol. The van der Waals surface area contributed by atoms with Gasteiger partial charge in [-0.1, -0.05) is 11.6 Å². The smallest absolute Gasteiger partial charge is 0.306 e. The van der Waals surface area contributed by atoms with Crippen molar-refractivity contribution in [1.29, 1.82) is 0 Å². The van der Waals surface area contributed by atoms with Crippen molar-refractivity contribution in [3.63, 3.8) is 0 Å². The van der Waals surface area contributed by atoms with Gasteiger partial charge in [-0.05, 0) is 24.6 Å². The van der Waals surface area contributed by atoms with Crippen molar-refractivity contribution in [1.82, 2.24) is 18.9 Å². The van der Waals surface area contributed by atoms with E-state index in [1.54, 1.807) is 41.1 Å². The van der Waals surface area contributed by atoms with E-state index in [0.717, 1.165) is 5.65 Å². The number of methoxy groups -OCH3 is 2. The molecule has 9 nitrogen and oxygen atoms in total. The van der Waals surface area contributed by atoms with E-state index in [-0.39, 0.29) is 24.6 Å². The van der Waals surface area contributed by atoms with Crippen molar-refractivity contribution in [2.75, 3.05) is 14.2 Å². The quantitative estimate of drug-likeness (QED) is 0.375. The van der Waals surface area contributed by atoms with Crippen LogP contribution in [0.3, 0.4) is 0 Å². The van der Waals surface area contributed by atoms with Crippen LogP contribution in [0, 0.1) is 0 Å². The highest BCUT2D eigenvalue weighted by molar-refractivity contribution is 6.30. The molecule has 32 heavy (non-hydrogen) atoms. The molecule has 0 radical (unpaired) electrons. The van der Waals surface area contributed by atoms with Gasteiger partial charge in [-0.3, -0.25) is 14.2 Å². The lowest BCUT2D eigenvalue weighted by Crippen LogP contribution is -2.21. The number of esters is 1. The van der Waals surface area contributed by atoms with E-state index in [1.807, 2.05) is 0 Å². The molecule has 0 amide bonds. The number of rotatable bonds is 8. The topological polar surface area (TPSA) is 97.0 Å². The van der Waals surface area contributed by atoms with Crippen LogP contribution in [0.2, 0.25) is 5.02 Å². The second-order valence-corrected chi connectivity index (χ2v) is 7.51. The molecule has 0 bridgehead atoms. The van der Waals surface area contributed by atoms with Gasteiger partial charge in [0.25, 0.3) is 5.56 Å². The fourth-order valence-electron chi connectivity index (χ4n) is 3.35. The first-order valence-electron chi connectivity index (χ1n) is 9.88. The molecule has 0 aliphatic heterocycles. The second kappa shape index (κ2) is 9.27. The van der Waals surface area contributed by atoms with E-state index in [1.165, 1.54) is 25.1 Å². The third kappa shape index (κ3) is 4.52. The van der Waals surface area contributed by atoms with Crippen LogP contribution >= 0.6 is 11.6 Å². The largest absolute Gasteiger partial charge is 0.493 e. The highest BCUT2D eigenvalue weighted by Crippen LogP contribution is 2.29. The van der Waals surface area contributed by atoms with Crippen molar-refractivity contribution < 1.29 is 19.0 Å². The van der Waals surface area contributed by atoms with Crippen LogP contribution < -0.4 is 15.0 Å². The Hall–Kier alpha value is -3.59. The van der Waals surface area contributed by atoms with Crippen molar-refractivity contribution in [3.8, 4) is 11.5 Å². The number of imidazole rings is 1. The lowest BCUT2D eigenvalue weighted by atomic mass is 10.2. The molecule has 0 N–H and O–H groups in total. The molecule has 0 unspecified atom stereocenters. The Kier molecular flexibility index (Phi) is 6.27. The summed E-state index contributed by atoms with van der Waals surface area (Å²) >= 11 is 5.96. The number of nitrogens with zero attached hydrogens (tertiary/aromatic N) is 4. The number of hydrogen-bond acceptors (Lipinski definition) is 7. The van der Waals surface area contributed by atoms with E-state index in [4.69, 9.17) is 25.8 Å². The van der Waals surface area contributed by atoms with Gasteiger partial charge in [-0.15, -0.1) is 0 Å². The molecule has 0 spiro atoms. The van der Waals surface area contributed by atoms with Gasteiger partial charge in [-0.25, -0.2) is 9.97 Å². The molecule has 3 heterocycles. The van der Waals surface area contributed by atoms with Gasteiger partial charge in [0.15, 0.2) is 11.5 Å². The molecule has 0 saturated carbocycles. The molecular formula is C22H21ClN4O5. The van der Waals surface area contributed by atoms with Crippen molar-refractivity contribution >= 4 is 34.1 Å². The first kappa shape index (κ1) is 21.6. The Balaban J connectivity index is 1.35. The summed E-state index contributed by atoms with van der Waals surface area (Å²) in [5.41, 5.74) is 1.64. The SMILES string of the molecule is COc1cc2ncn(CCCC(=O)OCc3cn4cc(Cl)ccc4n3)c(=O)c2cc1OC. The van der Waals surface area contributed by atoms with Crippen LogP contribution in [0.5, 0.6) is 11.5 Å². The number of aryl methyl sites for hydroxylation is 1. The van der Waals surface area contributed by atoms with Gasteiger partial charge < -0.3 is 18.6 Å². The molecule has 3 aromatic heterocycles. The monoisotopic (exact) mass is 456 g/mol. The fraction of sp³-hybridized carbons (Fsp3) is 0.273. The summed E-state index contributed by atoms with van der Waals surface area (Å²) in [5.74, 6) is 0.587. The number of carbonyl (C=O) groups excluding carboxylic acids is 1. The van der Waals surface area contributed by atoms with Crippen LogP contribution in [0.25, 0.3) is 16.6 Å². The summed E-state index contributed by atoms with van der Waals surface area (Å²) in [4.78, 5) is 33.6. The summed E-state index contributed by atoms with van der Waals surface area (Å²) < 4.78 is 19.1. The van der Waals surface area contributed by atoms with E-state index < -0.39 is 0 Å². The number of ether oxygens (including phenoxy) is 3. The van der Waals surface area contributed by atoms with E-state index >= 15 is 0 Å². The maximum atomic E-state index is 12.8. The summed E-state index contributed by atoms with van der Waals surface area (Å²) in [6, 6.07) is 6.80. The molecule has 0 fully saturated rings. The Bertz CT molecular complexity index is 1350. The summed E-state index contributed by atoms with van der Waals surface area (Å²) in [7, 11) is 3.03. The Morgan fingerprint density at radius 3 is 2.69 bits per heavy atom. The minimum Gasteiger partial charge on any atom is -0.493 e. The maximum absolute atomic E-state index is 12.8. The zero-order chi connectivity index (χ0) is 22.7. The Morgan fingerprint density at radius 1 is 1.12 bits per heavy atom. The normalized spacial score (nSPS) is 11.1. The number of hydrogen-bond donors (Lipinski definition) is 0. The molecule has 0 atom stereocenters. The molecule has 0 aliphatic carbocycles. The summed E-state index contributed by atoms with van der Waals surface area (Å²) in [5, 5.41) is 1.01. The van der Waals surface area contributed by atoms with Gasteiger partial charge in [-0.2, -0.15) is 0 Å². The highest BCUT2D eigenvalue weighted by Gasteiger charge is 2.12. The molecule has 4 rings (SSSR count). The van der Waals surface area contributed by atoms with Crippen LogP contribution in [-0.2, 0) is 22.7 Å². The van der Waals surface area contributed by atoms with Crippen LogP contribution in [0.1, 0.15) is 18.5 Å². The van der Waals surface area contributed by atoms with Crippen molar-refractivity contribution in [2.45, 2.75) is 26.0 Å². The fourth-order valence-corrected chi connectivity index (χ4v) is 3.52. The first-order chi connectivity index (χ1) is 15.5. The molecule has 0 saturated heterocycles. The lowest BCUT2D eigenvalue weighted by molar-refractivity contribution is -0.145. The minimum atomic E-state index is -0.367. The number of benzene rings is 1. The van der Waals surface area contributed by atoms with Gasteiger partial charge in [0.2, 0.25) is 0 Å². The molecule has 0 aliphatic rings. The Labute approximate surface area is 188 Å². The van der Waals surface area contributed by atoms with Gasteiger partial charge in [0.05, 0.1) is 42.2 Å². The molecule has 166 valence electrons. The van der Waals surface area contributed by atoms with Crippen molar-refractivity contribution in [2.24, 2.45) is 0 Å². The van der Waals surface area contributed by atoms with E-state index in [0.29, 0.717) is 46.1 Å². The maximum Gasteiger partial charge on any atom is 0.306 e. The van der Waals surface area contributed by atoms with E-state index in [9.17, 15) is 9.59 Å². The minimum absolute atomic E-state index is 0.0667. The van der Waals surface area contributed by atoms with Crippen LogP contribution in [-0.4, -0.2) is 39.1 Å². The van der Waals surface area contributed by atoms with Crippen LogP contribution in [0.4, 0.5) is 0 Å². The van der Waals surface area contributed by atoms with Crippen molar-refractivity contribution in [3.05, 3.63) is 64.1 Å². The number of halogens is 1. The van der Waals surface area contributed by atoms with E-state index in [2.05, 4.69) is 9.97 Å². The average Bonchev–Trinajstić information content (AvgIpc) is 3.20. The number of fused-ring (bicyclic) bond motifs is 2. The van der Waals surface area contributed by atoms with Gasteiger partial charge >= 0.3 is 5.97 Å². The third-order valence-corrected chi connectivity index (χ3v) is 5.18. The predicted molar refractivity (Wildman–Crippen MR) is 118 cm³/mol. The molecule has 10 heteroatoms. The molecule has 4 aromatic rings. The molecular weight excluding hydrogens is 436 g/mol. The number of aromatic nitrogens is 4. The van der Waals surface area contributed by atoms with Crippen LogP contribution in [0.15, 0.2) is 47.8 Å². The zero-order valence-corrected chi connectivity index (χ0v) is 18.3. The third-order valence-electron chi connectivity index (χ3n) is 4.96. The summed E-state index contributed by atoms with van der Waals surface area (Å²) in [6.07, 6.45) is 5.55. The lowest BCUT2D eigenvalue weighted by Gasteiger charge is -2.10. The number of pyridine rings is 1. The predicted octanol–water partition coefficient (Wildman–Crippen LogP) is 3.24. The summed E-state index contributed by atoms with van der Waals surface area (Å²) in [6.45, 7) is 0.398. The number of carbonyl (C=O) groups is 1. The first-order valence-corrected chi connectivity index (χ1v) is 10.3. The molecule has 1 aromatic carbocycles.